The van der Waals surface area contributed by atoms with E-state index < -0.39 is 0 Å². The van der Waals surface area contributed by atoms with Crippen molar-refractivity contribution in [2.75, 3.05) is 18.8 Å². The van der Waals surface area contributed by atoms with Crippen molar-refractivity contribution in [1.29, 1.82) is 0 Å². The number of aromatic amines is 1. The number of carbonyl (C=O) groups is 1. The molecule has 0 fully saturated rings. The molecule has 0 spiro atoms. The van der Waals surface area contributed by atoms with Crippen molar-refractivity contribution < 1.29 is 19.1 Å². The normalized spacial score (nSPS) is 16.8. The van der Waals surface area contributed by atoms with E-state index in [1.54, 1.807) is 13.3 Å². The standard InChI is InChI=1S/C27H24N4O4/c1-33-21-6-2-4-18(13-21)23-15-29-26(30-23)20-12-19-14-22(8-9-24(19)34-16-20)35-31-25(32)10-7-17-5-3-11-28-27(17)31/h2-6,8-9,11,13-15,20H,7,10,12,16H2,1H3,(H,29,30). The average Bonchev–Trinajstić information content (AvgIpc) is 3.40. The van der Waals surface area contributed by atoms with Crippen LogP contribution in [0.15, 0.2) is 67.0 Å². The minimum atomic E-state index is -0.108. The van der Waals surface area contributed by atoms with Crippen LogP contribution >= 0.6 is 0 Å². The first kappa shape index (κ1) is 21.2. The number of pyridine rings is 1. The molecule has 0 aliphatic carbocycles. The number of aromatic nitrogens is 3. The molecule has 1 amide bonds. The highest BCUT2D eigenvalue weighted by molar-refractivity contribution is 5.93. The summed E-state index contributed by atoms with van der Waals surface area (Å²) >= 11 is 0. The number of hydrogen-bond acceptors (Lipinski definition) is 6. The van der Waals surface area contributed by atoms with Gasteiger partial charge < -0.3 is 19.3 Å². The second-order valence-corrected chi connectivity index (χ2v) is 8.66. The minimum absolute atomic E-state index is 0.0659. The zero-order valence-corrected chi connectivity index (χ0v) is 19.2. The predicted octanol–water partition coefficient (Wildman–Crippen LogP) is 4.47. The Bertz CT molecular complexity index is 1400. The summed E-state index contributed by atoms with van der Waals surface area (Å²) in [4.78, 5) is 31.0. The van der Waals surface area contributed by atoms with Crippen molar-refractivity contribution in [1.82, 2.24) is 15.0 Å². The number of hydroxylamine groups is 1. The van der Waals surface area contributed by atoms with Crippen LogP contribution in [0.5, 0.6) is 17.2 Å². The molecule has 4 heterocycles. The van der Waals surface area contributed by atoms with Crippen molar-refractivity contribution in [2.24, 2.45) is 0 Å². The van der Waals surface area contributed by atoms with Gasteiger partial charge >= 0.3 is 0 Å². The molecule has 0 bridgehead atoms. The first-order valence-corrected chi connectivity index (χ1v) is 11.6. The summed E-state index contributed by atoms with van der Waals surface area (Å²) in [7, 11) is 1.66. The summed E-state index contributed by atoms with van der Waals surface area (Å²) < 4.78 is 11.4. The van der Waals surface area contributed by atoms with Crippen LogP contribution in [0.1, 0.15) is 29.3 Å². The van der Waals surface area contributed by atoms with Gasteiger partial charge in [-0.15, -0.1) is 5.06 Å². The van der Waals surface area contributed by atoms with Crippen LogP contribution in [0.25, 0.3) is 11.3 Å². The van der Waals surface area contributed by atoms with Crippen molar-refractivity contribution in [3.63, 3.8) is 0 Å². The molecule has 8 heteroatoms. The molecule has 2 aromatic carbocycles. The Morgan fingerprint density at radius 2 is 1.97 bits per heavy atom. The third kappa shape index (κ3) is 4.07. The molecule has 1 unspecified atom stereocenters. The summed E-state index contributed by atoms with van der Waals surface area (Å²) in [6.45, 7) is 0.528. The molecule has 0 radical (unpaired) electrons. The third-order valence-corrected chi connectivity index (χ3v) is 6.39. The van der Waals surface area contributed by atoms with E-state index in [1.807, 2.05) is 60.8 Å². The van der Waals surface area contributed by atoms with Gasteiger partial charge in [-0.25, -0.2) is 9.97 Å². The summed E-state index contributed by atoms with van der Waals surface area (Å²) in [6, 6.07) is 17.3. The number of amides is 1. The fourth-order valence-corrected chi connectivity index (χ4v) is 4.55. The van der Waals surface area contributed by atoms with Crippen LogP contribution in [0.3, 0.4) is 0 Å². The second kappa shape index (κ2) is 8.79. The lowest BCUT2D eigenvalue weighted by Crippen LogP contribution is -2.38. The van der Waals surface area contributed by atoms with Crippen LogP contribution in [-0.2, 0) is 17.6 Å². The van der Waals surface area contributed by atoms with Crippen molar-refractivity contribution >= 4 is 11.7 Å². The van der Waals surface area contributed by atoms with Crippen LogP contribution in [0, 0.1) is 0 Å². The topological polar surface area (TPSA) is 89.6 Å². The van der Waals surface area contributed by atoms with Gasteiger partial charge in [-0.3, -0.25) is 4.79 Å². The number of rotatable bonds is 5. The van der Waals surface area contributed by atoms with Gasteiger partial charge in [0.05, 0.1) is 31.5 Å². The molecule has 6 rings (SSSR count). The number of anilines is 1. The number of hydrogen-bond donors (Lipinski definition) is 1. The highest BCUT2D eigenvalue weighted by Crippen LogP contribution is 2.36. The van der Waals surface area contributed by atoms with Crippen LogP contribution in [-0.4, -0.2) is 34.6 Å². The molecule has 1 N–H and O–H groups in total. The number of fused-ring (bicyclic) bond motifs is 2. The number of H-pyrrole nitrogens is 1. The number of ether oxygens (including phenoxy) is 2. The fraction of sp³-hybridized carbons (Fsp3) is 0.222. The summed E-state index contributed by atoms with van der Waals surface area (Å²) in [5.41, 5.74) is 3.94. The Hall–Kier alpha value is -4.33. The summed E-state index contributed by atoms with van der Waals surface area (Å²) in [5, 5.41) is 1.30. The number of benzene rings is 2. The monoisotopic (exact) mass is 468 g/mol. The lowest BCUT2D eigenvalue weighted by Gasteiger charge is -2.28. The zero-order chi connectivity index (χ0) is 23.8. The zero-order valence-electron chi connectivity index (χ0n) is 19.2. The van der Waals surface area contributed by atoms with Gasteiger partial charge in [0.15, 0.2) is 11.6 Å². The smallest absolute Gasteiger partial charge is 0.262 e. The van der Waals surface area contributed by atoms with E-state index in [4.69, 9.17) is 14.3 Å². The van der Waals surface area contributed by atoms with E-state index in [0.717, 1.165) is 46.1 Å². The lowest BCUT2D eigenvalue weighted by molar-refractivity contribution is -0.123. The molecule has 0 saturated carbocycles. The highest BCUT2D eigenvalue weighted by Gasteiger charge is 2.29. The Morgan fingerprint density at radius 1 is 1.03 bits per heavy atom. The van der Waals surface area contributed by atoms with Crippen molar-refractivity contribution in [2.45, 2.75) is 25.2 Å². The Morgan fingerprint density at radius 3 is 2.89 bits per heavy atom. The molecule has 2 aliphatic rings. The summed E-state index contributed by atoms with van der Waals surface area (Å²) in [6.07, 6.45) is 5.31. The molecule has 176 valence electrons. The quantitative estimate of drug-likeness (QED) is 0.465. The fourth-order valence-electron chi connectivity index (χ4n) is 4.55. The highest BCUT2D eigenvalue weighted by atomic mass is 16.7. The molecular weight excluding hydrogens is 444 g/mol. The first-order chi connectivity index (χ1) is 17.2. The number of carbonyl (C=O) groups excluding carboxylic acids is 1. The largest absolute Gasteiger partial charge is 0.497 e. The molecule has 2 aliphatic heterocycles. The molecule has 4 aromatic rings. The third-order valence-electron chi connectivity index (χ3n) is 6.39. The number of imidazole rings is 1. The Kier molecular flexibility index (Phi) is 5.33. The first-order valence-electron chi connectivity index (χ1n) is 11.6. The van der Waals surface area contributed by atoms with E-state index in [2.05, 4.69) is 15.0 Å². The van der Waals surface area contributed by atoms with Crippen LogP contribution < -0.4 is 19.4 Å². The minimum Gasteiger partial charge on any atom is -0.497 e. The van der Waals surface area contributed by atoms with Crippen LogP contribution in [0.2, 0.25) is 0 Å². The second-order valence-electron chi connectivity index (χ2n) is 8.66. The molecular formula is C27H24N4O4. The van der Waals surface area contributed by atoms with Gasteiger partial charge in [0.1, 0.15) is 17.3 Å². The van der Waals surface area contributed by atoms with E-state index in [-0.39, 0.29) is 11.8 Å². The van der Waals surface area contributed by atoms with Crippen molar-refractivity contribution in [3.05, 3.63) is 83.9 Å². The van der Waals surface area contributed by atoms with Gasteiger partial charge in [0.2, 0.25) is 0 Å². The maximum absolute atomic E-state index is 12.6. The number of nitrogens with zero attached hydrogens (tertiary/aromatic N) is 3. The van der Waals surface area contributed by atoms with E-state index in [1.165, 1.54) is 5.06 Å². The summed E-state index contributed by atoms with van der Waals surface area (Å²) in [5.74, 6) is 3.55. The van der Waals surface area contributed by atoms with E-state index in [9.17, 15) is 4.79 Å². The SMILES string of the molecule is COc1cccc(-c2cnc(C3COc4ccc(ON5C(=O)CCc6cccnc65)cc4C3)[nH]2)c1. The molecule has 8 nitrogen and oxygen atoms in total. The molecule has 35 heavy (non-hydrogen) atoms. The average molecular weight is 469 g/mol. The van der Waals surface area contributed by atoms with Gasteiger partial charge in [-0.1, -0.05) is 18.2 Å². The maximum Gasteiger partial charge on any atom is 0.262 e. The predicted molar refractivity (Wildman–Crippen MR) is 130 cm³/mol. The van der Waals surface area contributed by atoms with Gasteiger partial charge in [0.25, 0.3) is 5.91 Å². The molecule has 1 atom stereocenters. The van der Waals surface area contributed by atoms with Gasteiger partial charge in [-0.05, 0) is 60.4 Å². The molecule has 2 aromatic heterocycles. The van der Waals surface area contributed by atoms with E-state index in [0.29, 0.717) is 31.0 Å². The Labute approximate surface area is 202 Å². The molecule has 0 saturated heterocycles. The van der Waals surface area contributed by atoms with Crippen LogP contribution in [0.4, 0.5) is 5.82 Å². The van der Waals surface area contributed by atoms with Gasteiger partial charge in [-0.2, -0.15) is 0 Å². The van der Waals surface area contributed by atoms with E-state index >= 15 is 0 Å². The van der Waals surface area contributed by atoms with Crippen molar-refractivity contribution in [3.8, 4) is 28.5 Å². The maximum atomic E-state index is 12.6. The van der Waals surface area contributed by atoms with Gasteiger partial charge in [0, 0.05) is 18.2 Å². The Balaban J connectivity index is 1.22. The number of aryl methyl sites for hydroxylation is 1. The lowest BCUT2D eigenvalue weighted by atomic mass is 9.96. The number of methoxy groups -OCH3 is 1. The number of nitrogens with one attached hydrogen (secondary N) is 1.